The predicted molar refractivity (Wildman–Crippen MR) is 98.2 cm³/mol. The molecule has 7 heteroatoms. The first-order chi connectivity index (χ1) is 12.3. The van der Waals surface area contributed by atoms with Crippen molar-refractivity contribution in [1.29, 1.82) is 0 Å². The van der Waals surface area contributed by atoms with Gasteiger partial charge in [-0.15, -0.1) is 0 Å². The van der Waals surface area contributed by atoms with Gasteiger partial charge in [0, 0.05) is 18.8 Å². The van der Waals surface area contributed by atoms with Gasteiger partial charge in [0.05, 0.1) is 17.1 Å². The van der Waals surface area contributed by atoms with E-state index in [0.717, 1.165) is 19.3 Å². The van der Waals surface area contributed by atoms with Crippen molar-refractivity contribution in [3.8, 4) is 0 Å². The number of amides is 1. The lowest BCUT2D eigenvalue weighted by molar-refractivity contribution is -0.151. The van der Waals surface area contributed by atoms with Crippen molar-refractivity contribution >= 4 is 22.9 Å². The van der Waals surface area contributed by atoms with E-state index in [1.165, 1.54) is 4.90 Å². The number of fused-ring (bicyclic) bond motifs is 1. The molecular weight excluding hydrogens is 332 g/mol. The standard InChI is InChI=1S/C19H26N4O3/c1-12(2)23-16-15(11-20-23)14(10-13(3)21-16)17(24)22(4)19(18(25)26)8-6-5-7-9-19/h10-12H,5-9H2,1-4H3,(H,25,26). The van der Waals surface area contributed by atoms with Crippen molar-refractivity contribution in [2.75, 3.05) is 7.05 Å². The van der Waals surface area contributed by atoms with Gasteiger partial charge in [0.15, 0.2) is 5.65 Å². The molecule has 0 saturated heterocycles. The topological polar surface area (TPSA) is 88.3 Å². The molecule has 2 heterocycles. The lowest BCUT2D eigenvalue weighted by Crippen LogP contribution is -2.56. The molecule has 1 saturated carbocycles. The van der Waals surface area contributed by atoms with Crippen LogP contribution < -0.4 is 0 Å². The number of carboxylic acid groups (broad SMARTS) is 1. The summed E-state index contributed by atoms with van der Waals surface area (Å²) in [5.41, 5.74) is 0.704. The van der Waals surface area contributed by atoms with Gasteiger partial charge in [0.1, 0.15) is 5.54 Å². The average molecular weight is 358 g/mol. The van der Waals surface area contributed by atoms with Gasteiger partial charge in [0.25, 0.3) is 5.91 Å². The number of carbonyl (C=O) groups is 2. The molecule has 0 bridgehead atoms. The number of hydrogen-bond donors (Lipinski definition) is 1. The monoisotopic (exact) mass is 358 g/mol. The van der Waals surface area contributed by atoms with Crippen LogP contribution in [-0.2, 0) is 4.79 Å². The van der Waals surface area contributed by atoms with Gasteiger partial charge in [-0.25, -0.2) is 14.5 Å². The van der Waals surface area contributed by atoms with E-state index >= 15 is 0 Å². The van der Waals surface area contributed by atoms with Gasteiger partial charge in [-0.1, -0.05) is 19.3 Å². The van der Waals surface area contributed by atoms with Gasteiger partial charge >= 0.3 is 5.97 Å². The Morgan fingerprint density at radius 3 is 2.50 bits per heavy atom. The highest BCUT2D eigenvalue weighted by Crippen LogP contribution is 2.35. The SMILES string of the molecule is Cc1cc(C(=O)N(C)C2(C(=O)O)CCCCC2)c2cnn(C(C)C)c2n1. The number of rotatable bonds is 4. The Bertz CT molecular complexity index is 850. The van der Waals surface area contributed by atoms with Gasteiger partial charge < -0.3 is 10.0 Å². The molecule has 1 aliphatic rings. The minimum atomic E-state index is -1.13. The molecule has 3 rings (SSSR count). The maximum absolute atomic E-state index is 13.3. The summed E-state index contributed by atoms with van der Waals surface area (Å²) in [7, 11) is 1.61. The van der Waals surface area contributed by atoms with Crippen LogP contribution in [0, 0.1) is 6.92 Å². The van der Waals surface area contributed by atoms with Crippen molar-refractivity contribution in [2.24, 2.45) is 0 Å². The van der Waals surface area contributed by atoms with Crippen molar-refractivity contribution < 1.29 is 14.7 Å². The molecule has 140 valence electrons. The fourth-order valence-electron chi connectivity index (χ4n) is 3.90. The fourth-order valence-corrected chi connectivity index (χ4v) is 3.90. The van der Waals surface area contributed by atoms with Crippen LogP contribution in [0.15, 0.2) is 12.3 Å². The van der Waals surface area contributed by atoms with Gasteiger partial charge in [-0.3, -0.25) is 4.79 Å². The number of nitrogens with zero attached hydrogens (tertiary/aromatic N) is 4. The normalized spacial score (nSPS) is 16.8. The van der Waals surface area contributed by atoms with E-state index in [1.54, 1.807) is 24.0 Å². The number of aliphatic carboxylic acids is 1. The minimum Gasteiger partial charge on any atom is -0.479 e. The van der Waals surface area contributed by atoms with Gasteiger partial charge in [-0.05, 0) is 39.7 Å². The third-order valence-corrected chi connectivity index (χ3v) is 5.44. The van der Waals surface area contributed by atoms with E-state index in [-0.39, 0.29) is 11.9 Å². The molecule has 0 atom stereocenters. The number of hydrogen-bond acceptors (Lipinski definition) is 4. The summed E-state index contributed by atoms with van der Waals surface area (Å²) in [6, 6.07) is 1.84. The molecule has 2 aromatic rings. The number of aromatic nitrogens is 3. The third kappa shape index (κ3) is 2.85. The van der Waals surface area contributed by atoms with Crippen molar-refractivity contribution in [1.82, 2.24) is 19.7 Å². The second kappa shape index (κ2) is 6.70. The number of aryl methyl sites for hydroxylation is 1. The molecule has 1 fully saturated rings. The Balaban J connectivity index is 2.08. The predicted octanol–water partition coefficient (Wildman–Crippen LogP) is 3.18. The number of likely N-dealkylation sites (N-methyl/N-ethyl adjacent to an activating group) is 1. The third-order valence-electron chi connectivity index (χ3n) is 5.44. The first kappa shape index (κ1) is 18.4. The second-order valence-corrected chi connectivity index (χ2v) is 7.49. The largest absolute Gasteiger partial charge is 0.479 e. The molecule has 0 aliphatic heterocycles. The zero-order valence-corrected chi connectivity index (χ0v) is 15.8. The van der Waals surface area contributed by atoms with Crippen molar-refractivity contribution in [2.45, 2.75) is 64.5 Å². The fraction of sp³-hybridized carbons (Fsp3) is 0.579. The Hall–Kier alpha value is -2.44. The summed E-state index contributed by atoms with van der Waals surface area (Å²) in [6.07, 6.45) is 5.28. The molecule has 26 heavy (non-hydrogen) atoms. The van der Waals surface area contributed by atoms with Gasteiger partial charge in [0.2, 0.25) is 0 Å². The van der Waals surface area contributed by atoms with E-state index in [9.17, 15) is 14.7 Å². The summed E-state index contributed by atoms with van der Waals surface area (Å²) >= 11 is 0. The Morgan fingerprint density at radius 1 is 1.27 bits per heavy atom. The van der Waals surface area contributed by atoms with Crippen LogP contribution >= 0.6 is 0 Å². The quantitative estimate of drug-likeness (QED) is 0.907. The van der Waals surface area contributed by atoms with Crippen LogP contribution in [0.5, 0.6) is 0 Å². The molecule has 2 aromatic heterocycles. The Labute approximate surface area is 153 Å². The smallest absolute Gasteiger partial charge is 0.329 e. The van der Waals surface area contributed by atoms with E-state index in [1.807, 2.05) is 20.8 Å². The molecular formula is C19H26N4O3. The first-order valence-electron chi connectivity index (χ1n) is 9.14. The van der Waals surface area contributed by atoms with Crippen LogP contribution in [0.4, 0.5) is 0 Å². The van der Waals surface area contributed by atoms with Gasteiger partial charge in [-0.2, -0.15) is 5.10 Å². The highest BCUT2D eigenvalue weighted by atomic mass is 16.4. The highest BCUT2D eigenvalue weighted by Gasteiger charge is 2.46. The number of carbonyl (C=O) groups excluding carboxylic acids is 1. The zero-order valence-electron chi connectivity index (χ0n) is 15.8. The summed E-state index contributed by atoms with van der Waals surface area (Å²) in [5.74, 6) is -1.21. The molecule has 1 amide bonds. The average Bonchev–Trinajstić information content (AvgIpc) is 3.04. The molecule has 7 nitrogen and oxygen atoms in total. The maximum Gasteiger partial charge on any atom is 0.329 e. The highest BCUT2D eigenvalue weighted by molar-refractivity contribution is 6.07. The lowest BCUT2D eigenvalue weighted by atomic mass is 9.80. The van der Waals surface area contributed by atoms with E-state index in [2.05, 4.69) is 10.1 Å². The Kier molecular flexibility index (Phi) is 4.73. The summed E-state index contributed by atoms with van der Waals surface area (Å²) in [5, 5.41) is 14.9. The van der Waals surface area contributed by atoms with E-state index < -0.39 is 11.5 Å². The van der Waals surface area contributed by atoms with Crippen LogP contribution in [0.2, 0.25) is 0 Å². The summed E-state index contributed by atoms with van der Waals surface area (Å²) in [6.45, 7) is 5.85. The minimum absolute atomic E-state index is 0.117. The summed E-state index contributed by atoms with van der Waals surface area (Å²) in [4.78, 5) is 31.3. The van der Waals surface area contributed by atoms with Crippen LogP contribution in [-0.4, -0.2) is 49.2 Å². The van der Waals surface area contributed by atoms with E-state index in [0.29, 0.717) is 35.1 Å². The molecule has 1 N–H and O–H groups in total. The molecule has 0 radical (unpaired) electrons. The first-order valence-corrected chi connectivity index (χ1v) is 9.14. The van der Waals surface area contributed by atoms with Crippen LogP contribution in [0.25, 0.3) is 11.0 Å². The molecule has 0 spiro atoms. The van der Waals surface area contributed by atoms with Crippen molar-refractivity contribution in [3.63, 3.8) is 0 Å². The van der Waals surface area contributed by atoms with E-state index in [4.69, 9.17) is 0 Å². The van der Waals surface area contributed by atoms with Crippen LogP contribution in [0.3, 0.4) is 0 Å². The lowest BCUT2D eigenvalue weighted by Gasteiger charge is -2.41. The molecule has 0 aromatic carbocycles. The number of carboxylic acids is 1. The maximum atomic E-state index is 13.3. The number of pyridine rings is 1. The Morgan fingerprint density at radius 2 is 1.92 bits per heavy atom. The second-order valence-electron chi connectivity index (χ2n) is 7.49. The molecule has 1 aliphatic carbocycles. The summed E-state index contributed by atoms with van der Waals surface area (Å²) < 4.78 is 1.78. The zero-order chi connectivity index (χ0) is 19.1. The van der Waals surface area contributed by atoms with Crippen molar-refractivity contribution in [3.05, 3.63) is 23.5 Å². The van der Waals surface area contributed by atoms with Crippen LogP contribution in [0.1, 0.15) is 68.0 Å². The molecule has 0 unspecified atom stereocenters.